The van der Waals surface area contributed by atoms with Gasteiger partial charge in [0.1, 0.15) is 0 Å². The zero-order chi connectivity index (χ0) is 18.4. The van der Waals surface area contributed by atoms with Gasteiger partial charge in [-0.25, -0.2) is 0 Å². The lowest BCUT2D eigenvalue weighted by molar-refractivity contribution is -0.133. The highest BCUT2D eigenvalue weighted by Crippen LogP contribution is 2.32. The summed E-state index contributed by atoms with van der Waals surface area (Å²) in [6.07, 6.45) is 2.71. The van der Waals surface area contributed by atoms with Crippen LogP contribution in [0, 0.1) is 5.41 Å². The predicted molar refractivity (Wildman–Crippen MR) is 98.0 cm³/mol. The van der Waals surface area contributed by atoms with Crippen molar-refractivity contribution in [1.82, 2.24) is 10.2 Å². The van der Waals surface area contributed by atoms with Crippen molar-refractivity contribution >= 4 is 11.8 Å². The van der Waals surface area contributed by atoms with Crippen molar-refractivity contribution in [3.8, 4) is 0 Å². The Bertz CT molecular complexity index is 602. The molecule has 0 saturated heterocycles. The highest BCUT2D eigenvalue weighted by molar-refractivity contribution is 5.79. The summed E-state index contributed by atoms with van der Waals surface area (Å²) in [7, 11) is 0. The van der Waals surface area contributed by atoms with E-state index < -0.39 is 0 Å². The normalized spacial score (nSPS) is 17.1. The fourth-order valence-corrected chi connectivity index (χ4v) is 3.56. The molecule has 2 rings (SSSR count). The van der Waals surface area contributed by atoms with Crippen molar-refractivity contribution in [3.05, 3.63) is 35.4 Å². The molecule has 25 heavy (non-hydrogen) atoms. The summed E-state index contributed by atoms with van der Waals surface area (Å²) >= 11 is 0. The number of amides is 2. The zero-order valence-electron chi connectivity index (χ0n) is 15.5. The van der Waals surface area contributed by atoms with E-state index in [2.05, 4.69) is 11.4 Å². The minimum Gasteiger partial charge on any atom is -0.396 e. The van der Waals surface area contributed by atoms with Gasteiger partial charge in [-0.2, -0.15) is 0 Å². The molecule has 5 heteroatoms. The van der Waals surface area contributed by atoms with Crippen molar-refractivity contribution < 1.29 is 14.7 Å². The van der Waals surface area contributed by atoms with Crippen molar-refractivity contribution in [3.63, 3.8) is 0 Å². The number of rotatable bonds is 7. The van der Waals surface area contributed by atoms with Crippen LogP contribution < -0.4 is 5.32 Å². The number of carbonyl (C=O) groups excluding carboxylic acids is 2. The van der Waals surface area contributed by atoms with Crippen LogP contribution in [0.4, 0.5) is 0 Å². The molecule has 0 spiro atoms. The van der Waals surface area contributed by atoms with E-state index in [9.17, 15) is 14.7 Å². The van der Waals surface area contributed by atoms with E-state index in [1.165, 1.54) is 5.56 Å². The largest absolute Gasteiger partial charge is 0.396 e. The molecule has 1 aliphatic rings. The van der Waals surface area contributed by atoms with E-state index in [1.807, 2.05) is 32.0 Å². The molecule has 0 aliphatic carbocycles. The quantitative estimate of drug-likeness (QED) is 0.797. The molecule has 138 valence electrons. The average Bonchev–Trinajstić information content (AvgIpc) is 2.63. The van der Waals surface area contributed by atoms with Gasteiger partial charge < -0.3 is 15.3 Å². The SMILES string of the molecule is CCC(CC)(CO)CNC(=O)CC1c2ccccc2CCN1C(C)=O. The Hall–Kier alpha value is -1.88. The van der Waals surface area contributed by atoms with Gasteiger partial charge in [0.15, 0.2) is 0 Å². The monoisotopic (exact) mass is 346 g/mol. The van der Waals surface area contributed by atoms with Crippen LogP contribution >= 0.6 is 0 Å². The molecule has 1 heterocycles. The zero-order valence-corrected chi connectivity index (χ0v) is 15.5. The maximum absolute atomic E-state index is 12.6. The summed E-state index contributed by atoms with van der Waals surface area (Å²) in [4.78, 5) is 26.4. The molecule has 1 atom stereocenters. The number of aliphatic hydroxyl groups excluding tert-OH is 1. The van der Waals surface area contributed by atoms with Crippen LogP contribution in [0.25, 0.3) is 0 Å². The summed E-state index contributed by atoms with van der Waals surface area (Å²) in [6.45, 7) is 6.79. The third-order valence-electron chi connectivity index (χ3n) is 5.69. The van der Waals surface area contributed by atoms with E-state index in [1.54, 1.807) is 11.8 Å². The van der Waals surface area contributed by atoms with Gasteiger partial charge in [-0.05, 0) is 30.4 Å². The van der Waals surface area contributed by atoms with Gasteiger partial charge in [-0.1, -0.05) is 38.1 Å². The Morgan fingerprint density at radius 2 is 1.96 bits per heavy atom. The minimum atomic E-state index is -0.263. The molecule has 0 fully saturated rings. The molecule has 0 aromatic heterocycles. The maximum atomic E-state index is 12.6. The average molecular weight is 346 g/mol. The number of aliphatic hydroxyl groups is 1. The van der Waals surface area contributed by atoms with E-state index in [-0.39, 0.29) is 36.3 Å². The Morgan fingerprint density at radius 3 is 2.56 bits per heavy atom. The van der Waals surface area contributed by atoms with E-state index in [4.69, 9.17) is 0 Å². The lowest BCUT2D eigenvalue weighted by Gasteiger charge is -2.37. The Morgan fingerprint density at radius 1 is 1.28 bits per heavy atom. The Labute approximate surface area is 150 Å². The molecule has 2 N–H and O–H groups in total. The highest BCUT2D eigenvalue weighted by Gasteiger charge is 2.31. The van der Waals surface area contributed by atoms with Crippen molar-refractivity contribution in [1.29, 1.82) is 0 Å². The molecule has 0 saturated carbocycles. The molecule has 1 aromatic carbocycles. The smallest absolute Gasteiger partial charge is 0.222 e. The third-order valence-corrected chi connectivity index (χ3v) is 5.69. The number of nitrogens with one attached hydrogen (secondary N) is 1. The first-order valence-corrected chi connectivity index (χ1v) is 9.19. The highest BCUT2D eigenvalue weighted by atomic mass is 16.3. The Balaban J connectivity index is 2.10. The molecule has 1 aromatic rings. The van der Waals surface area contributed by atoms with E-state index in [0.29, 0.717) is 13.1 Å². The fraction of sp³-hybridized carbons (Fsp3) is 0.600. The number of benzene rings is 1. The minimum absolute atomic E-state index is 0.000811. The number of hydrogen-bond donors (Lipinski definition) is 2. The molecule has 2 amide bonds. The van der Waals surface area contributed by atoms with Gasteiger partial charge in [0.05, 0.1) is 19.1 Å². The summed E-state index contributed by atoms with van der Waals surface area (Å²) < 4.78 is 0. The topological polar surface area (TPSA) is 69.6 Å². The van der Waals surface area contributed by atoms with Crippen LogP contribution in [0.3, 0.4) is 0 Å². The van der Waals surface area contributed by atoms with Crippen LogP contribution in [0.5, 0.6) is 0 Å². The van der Waals surface area contributed by atoms with Crippen molar-refractivity contribution in [2.45, 2.75) is 52.5 Å². The summed E-state index contributed by atoms with van der Waals surface area (Å²) in [5, 5.41) is 12.6. The predicted octanol–water partition coefficient (Wildman–Crippen LogP) is 2.44. The molecule has 1 aliphatic heterocycles. The second-order valence-electron chi connectivity index (χ2n) is 7.02. The molecule has 5 nitrogen and oxygen atoms in total. The number of nitrogens with zero attached hydrogens (tertiary/aromatic N) is 1. The maximum Gasteiger partial charge on any atom is 0.222 e. The first-order chi connectivity index (χ1) is 12.0. The van der Waals surface area contributed by atoms with E-state index >= 15 is 0 Å². The van der Waals surface area contributed by atoms with Crippen LogP contribution in [0.15, 0.2) is 24.3 Å². The van der Waals surface area contributed by atoms with Gasteiger partial charge in [-0.15, -0.1) is 0 Å². The van der Waals surface area contributed by atoms with Crippen LogP contribution in [-0.4, -0.2) is 41.5 Å². The summed E-state index contributed by atoms with van der Waals surface area (Å²) in [6, 6.07) is 7.82. The molecule has 0 radical (unpaired) electrons. The van der Waals surface area contributed by atoms with Gasteiger partial charge in [-0.3, -0.25) is 9.59 Å². The van der Waals surface area contributed by atoms with Crippen molar-refractivity contribution in [2.75, 3.05) is 19.7 Å². The first-order valence-electron chi connectivity index (χ1n) is 9.19. The molecular weight excluding hydrogens is 316 g/mol. The second kappa shape index (κ2) is 8.48. The summed E-state index contributed by atoms with van der Waals surface area (Å²) in [5.41, 5.74) is 2.02. The number of carbonyl (C=O) groups is 2. The Kier molecular flexibility index (Phi) is 6.59. The lowest BCUT2D eigenvalue weighted by Crippen LogP contribution is -2.43. The molecule has 0 bridgehead atoms. The van der Waals surface area contributed by atoms with E-state index in [0.717, 1.165) is 24.8 Å². The molecule has 1 unspecified atom stereocenters. The number of hydrogen-bond acceptors (Lipinski definition) is 3. The van der Waals surface area contributed by atoms with Gasteiger partial charge in [0.2, 0.25) is 11.8 Å². The first kappa shape index (κ1) is 19.4. The van der Waals surface area contributed by atoms with Gasteiger partial charge in [0, 0.05) is 25.4 Å². The lowest BCUT2D eigenvalue weighted by atomic mass is 9.83. The van der Waals surface area contributed by atoms with Gasteiger partial charge >= 0.3 is 0 Å². The standard InChI is InChI=1S/C20H30N2O3/c1-4-20(5-2,14-23)13-21-19(25)12-18-17-9-7-6-8-16(17)10-11-22(18)15(3)24/h6-9,18,23H,4-5,10-14H2,1-3H3,(H,21,25). The van der Waals surface area contributed by atoms with Crippen molar-refractivity contribution in [2.24, 2.45) is 5.41 Å². The number of fused-ring (bicyclic) bond motifs is 1. The molecular formula is C20H30N2O3. The van der Waals surface area contributed by atoms with Crippen LogP contribution in [0.2, 0.25) is 0 Å². The van der Waals surface area contributed by atoms with Crippen LogP contribution in [0.1, 0.15) is 57.2 Å². The fourth-order valence-electron chi connectivity index (χ4n) is 3.56. The third kappa shape index (κ3) is 4.40. The van der Waals surface area contributed by atoms with Gasteiger partial charge in [0.25, 0.3) is 0 Å². The van der Waals surface area contributed by atoms with Crippen LogP contribution in [-0.2, 0) is 16.0 Å². The second-order valence-corrected chi connectivity index (χ2v) is 7.02. The summed E-state index contributed by atoms with van der Waals surface area (Å²) in [5.74, 6) is -0.0770.